The second-order valence-corrected chi connectivity index (χ2v) is 6.59. The maximum Gasteiger partial charge on any atom is 0.294 e. The summed E-state index contributed by atoms with van der Waals surface area (Å²) in [4.78, 5) is 10.8. The van der Waals surface area contributed by atoms with Gasteiger partial charge in [0.15, 0.2) is 0 Å². The number of nitro benzene ring substituents is 1. The standard InChI is InChI=1S/C13H11NO5S2/c15-14(16)13-8-12(21(17,18)19)7-6-10(13)9-20-11-4-2-1-3-5-11/h1-8H,9H2,(H,17,18,19). The van der Waals surface area contributed by atoms with Gasteiger partial charge in [-0.25, -0.2) is 0 Å². The van der Waals surface area contributed by atoms with Crippen molar-refractivity contribution in [3.8, 4) is 0 Å². The predicted octanol–water partition coefficient (Wildman–Crippen LogP) is 3.13. The van der Waals surface area contributed by atoms with E-state index < -0.39 is 19.9 Å². The van der Waals surface area contributed by atoms with Crippen LogP contribution in [0.3, 0.4) is 0 Å². The smallest absolute Gasteiger partial charge is 0.282 e. The highest BCUT2D eigenvalue weighted by Gasteiger charge is 2.19. The van der Waals surface area contributed by atoms with Gasteiger partial charge in [0, 0.05) is 22.3 Å². The Morgan fingerprint density at radius 2 is 1.81 bits per heavy atom. The molecule has 0 amide bonds. The van der Waals surface area contributed by atoms with Crippen LogP contribution in [0.4, 0.5) is 5.69 Å². The highest BCUT2D eigenvalue weighted by atomic mass is 32.2. The molecule has 110 valence electrons. The first-order valence-corrected chi connectivity index (χ1v) is 8.23. The summed E-state index contributed by atoms with van der Waals surface area (Å²) in [6, 6.07) is 12.7. The molecule has 0 atom stereocenters. The summed E-state index contributed by atoms with van der Waals surface area (Å²) in [7, 11) is -4.45. The third kappa shape index (κ3) is 4.03. The van der Waals surface area contributed by atoms with Gasteiger partial charge in [-0.05, 0) is 24.3 Å². The Bertz CT molecular complexity index is 759. The van der Waals surface area contributed by atoms with E-state index in [4.69, 9.17) is 4.55 Å². The summed E-state index contributed by atoms with van der Waals surface area (Å²) in [5.74, 6) is 0.325. The van der Waals surface area contributed by atoms with E-state index in [9.17, 15) is 18.5 Å². The van der Waals surface area contributed by atoms with Crippen molar-refractivity contribution in [2.75, 3.05) is 0 Å². The van der Waals surface area contributed by atoms with Crippen LogP contribution in [0.1, 0.15) is 5.56 Å². The van der Waals surface area contributed by atoms with Crippen LogP contribution in [0.2, 0.25) is 0 Å². The lowest BCUT2D eigenvalue weighted by atomic mass is 10.2. The average molecular weight is 325 g/mol. The Hall–Kier alpha value is -1.90. The molecule has 0 aromatic heterocycles. The third-order valence-electron chi connectivity index (χ3n) is 2.69. The first kappa shape index (κ1) is 15.5. The second-order valence-electron chi connectivity index (χ2n) is 4.12. The Balaban J connectivity index is 2.29. The van der Waals surface area contributed by atoms with Crippen molar-refractivity contribution in [2.24, 2.45) is 0 Å². The molecule has 0 saturated heterocycles. The van der Waals surface area contributed by atoms with Gasteiger partial charge in [-0.3, -0.25) is 14.7 Å². The Labute approximate surface area is 125 Å². The van der Waals surface area contributed by atoms with Gasteiger partial charge in [0.2, 0.25) is 0 Å². The van der Waals surface area contributed by atoms with E-state index in [0.29, 0.717) is 11.3 Å². The van der Waals surface area contributed by atoms with Gasteiger partial charge >= 0.3 is 0 Å². The number of thioether (sulfide) groups is 1. The van der Waals surface area contributed by atoms with E-state index in [1.807, 2.05) is 30.3 Å². The average Bonchev–Trinajstić information content (AvgIpc) is 2.45. The first-order valence-electron chi connectivity index (χ1n) is 5.80. The van der Waals surface area contributed by atoms with Gasteiger partial charge in [0.25, 0.3) is 15.8 Å². The Morgan fingerprint density at radius 1 is 1.14 bits per heavy atom. The van der Waals surface area contributed by atoms with Crippen LogP contribution >= 0.6 is 11.8 Å². The van der Waals surface area contributed by atoms with Crippen molar-refractivity contribution < 1.29 is 17.9 Å². The van der Waals surface area contributed by atoms with Crippen LogP contribution in [-0.4, -0.2) is 17.9 Å². The summed E-state index contributed by atoms with van der Waals surface area (Å²) in [6.07, 6.45) is 0. The first-order chi connectivity index (χ1) is 9.88. The molecule has 0 aliphatic rings. The summed E-state index contributed by atoms with van der Waals surface area (Å²) < 4.78 is 31.0. The maximum atomic E-state index is 11.0. The number of hydrogen-bond donors (Lipinski definition) is 1. The molecule has 2 aromatic carbocycles. The highest BCUT2D eigenvalue weighted by Crippen LogP contribution is 2.29. The molecule has 1 N–H and O–H groups in total. The number of rotatable bonds is 5. The second kappa shape index (κ2) is 6.25. The Morgan fingerprint density at radius 3 is 2.38 bits per heavy atom. The SMILES string of the molecule is O=[N+]([O-])c1cc(S(=O)(=O)O)ccc1CSc1ccccc1. The van der Waals surface area contributed by atoms with Crippen molar-refractivity contribution in [3.63, 3.8) is 0 Å². The molecular formula is C13H11NO5S2. The molecule has 0 bridgehead atoms. The molecule has 0 aliphatic heterocycles. The fourth-order valence-electron chi connectivity index (χ4n) is 1.67. The number of benzene rings is 2. The number of nitro groups is 1. The minimum absolute atomic E-state index is 0.325. The van der Waals surface area contributed by atoms with Crippen molar-refractivity contribution >= 4 is 27.6 Å². The largest absolute Gasteiger partial charge is 0.294 e. The van der Waals surface area contributed by atoms with Crippen LogP contribution in [0.25, 0.3) is 0 Å². The number of nitrogens with zero attached hydrogens (tertiary/aromatic N) is 1. The summed E-state index contributed by atoms with van der Waals surface area (Å²) in [6.45, 7) is 0. The molecular weight excluding hydrogens is 314 g/mol. The molecule has 0 heterocycles. The van der Waals surface area contributed by atoms with Gasteiger partial charge in [-0.15, -0.1) is 11.8 Å². The number of hydrogen-bond acceptors (Lipinski definition) is 5. The molecule has 0 spiro atoms. The van der Waals surface area contributed by atoms with Gasteiger partial charge < -0.3 is 0 Å². The molecule has 6 nitrogen and oxygen atoms in total. The van der Waals surface area contributed by atoms with Crippen LogP contribution in [0.15, 0.2) is 58.3 Å². The zero-order valence-corrected chi connectivity index (χ0v) is 12.3. The molecule has 2 aromatic rings. The topological polar surface area (TPSA) is 97.5 Å². The van der Waals surface area contributed by atoms with Crippen LogP contribution in [0.5, 0.6) is 0 Å². The normalized spacial score (nSPS) is 11.3. The fourth-order valence-corrected chi connectivity index (χ4v) is 3.09. The highest BCUT2D eigenvalue weighted by molar-refractivity contribution is 7.98. The minimum atomic E-state index is -4.45. The molecule has 0 fully saturated rings. The monoisotopic (exact) mass is 325 g/mol. The Kier molecular flexibility index (Phi) is 4.61. The van der Waals surface area contributed by atoms with Crippen LogP contribution < -0.4 is 0 Å². The van der Waals surface area contributed by atoms with Crippen LogP contribution in [-0.2, 0) is 15.9 Å². The summed E-state index contributed by atoms with van der Waals surface area (Å²) in [5.41, 5.74) is 0.0646. The van der Waals surface area contributed by atoms with E-state index in [0.717, 1.165) is 17.0 Å². The van der Waals surface area contributed by atoms with E-state index >= 15 is 0 Å². The van der Waals surface area contributed by atoms with Gasteiger partial charge in [0.05, 0.1) is 4.92 Å². The molecule has 0 saturated carbocycles. The van der Waals surface area contributed by atoms with Gasteiger partial charge in [-0.1, -0.05) is 18.2 Å². The van der Waals surface area contributed by atoms with Gasteiger partial charge in [0.1, 0.15) is 4.90 Å². The minimum Gasteiger partial charge on any atom is -0.282 e. The van der Waals surface area contributed by atoms with Crippen molar-refractivity contribution in [1.82, 2.24) is 0 Å². The van der Waals surface area contributed by atoms with Crippen LogP contribution in [0, 0.1) is 10.1 Å². The molecule has 0 radical (unpaired) electrons. The summed E-state index contributed by atoms with van der Waals surface area (Å²) in [5, 5.41) is 11.0. The van der Waals surface area contributed by atoms with Crippen molar-refractivity contribution in [2.45, 2.75) is 15.5 Å². The molecule has 8 heteroatoms. The van der Waals surface area contributed by atoms with E-state index in [2.05, 4.69) is 0 Å². The molecule has 21 heavy (non-hydrogen) atoms. The van der Waals surface area contributed by atoms with E-state index in [1.165, 1.54) is 17.8 Å². The lowest BCUT2D eigenvalue weighted by Crippen LogP contribution is -2.01. The zero-order chi connectivity index (χ0) is 15.5. The van der Waals surface area contributed by atoms with Crippen molar-refractivity contribution in [1.29, 1.82) is 0 Å². The fraction of sp³-hybridized carbons (Fsp3) is 0.0769. The predicted molar refractivity (Wildman–Crippen MR) is 78.9 cm³/mol. The quantitative estimate of drug-likeness (QED) is 0.392. The van der Waals surface area contributed by atoms with Crippen molar-refractivity contribution in [3.05, 3.63) is 64.2 Å². The lowest BCUT2D eigenvalue weighted by Gasteiger charge is -2.05. The molecule has 2 rings (SSSR count). The summed E-state index contributed by atoms with van der Waals surface area (Å²) >= 11 is 1.40. The third-order valence-corrected chi connectivity index (χ3v) is 4.60. The zero-order valence-electron chi connectivity index (χ0n) is 10.7. The van der Waals surface area contributed by atoms with Gasteiger partial charge in [-0.2, -0.15) is 8.42 Å². The lowest BCUT2D eigenvalue weighted by molar-refractivity contribution is -0.385. The maximum absolute atomic E-state index is 11.0. The van der Waals surface area contributed by atoms with E-state index in [-0.39, 0.29) is 5.69 Å². The molecule has 0 aliphatic carbocycles. The molecule has 0 unspecified atom stereocenters. The van der Waals surface area contributed by atoms with E-state index in [1.54, 1.807) is 0 Å².